The normalized spacial score (nSPS) is 10.5. The van der Waals surface area contributed by atoms with Gasteiger partial charge in [-0.3, -0.25) is 4.79 Å². The largest absolute Gasteiger partial charge is 0.294 e. The molecule has 88 valence electrons. The quantitative estimate of drug-likeness (QED) is 0.720. The fraction of sp³-hybridized carbons (Fsp3) is 0.267. The number of carbonyl (C=O) groups excluding carboxylic acids is 1. The van der Waals surface area contributed by atoms with Crippen LogP contribution < -0.4 is 0 Å². The molecule has 0 saturated heterocycles. The molecule has 1 aromatic heterocycles. The molecule has 0 bridgehead atoms. The molecule has 0 unspecified atom stereocenters. The van der Waals surface area contributed by atoms with E-state index in [2.05, 4.69) is 19.1 Å². The Bertz CT molecular complexity index is 511. The number of aryl methyl sites for hydroxylation is 1. The van der Waals surface area contributed by atoms with Crippen molar-refractivity contribution in [2.75, 3.05) is 0 Å². The lowest BCUT2D eigenvalue weighted by Crippen LogP contribution is -1.84. The highest BCUT2D eigenvalue weighted by molar-refractivity contribution is 7.14. The van der Waals surface area contributed by atoms with Crippen LogP contribution in [0.2, 0.25) is 0 Å². The van der Waals surface area contributed by atoms with Crippen molar-refractivity contribution in [3.05, 3.63) is 46.2 Å². The Balaban J connectivity index is 2.48. The zero-order valence-corrected chi connectivity index (χ0v) is 11.0. The molecule has 0 saturated carbocycles. The second-order valence-corrected chi connectivity index (χ2v) is 5.26. The fourth-order valence-electron chi connectivity index (χ4n) is 1.88. The van der Waals surface area contributed by atoms with Crippen LogP contribution in [0, 0.1) is 0 Å². The number of benzene rings is 1. The molecule has 0 spiro atoms. The van der Waals surface area contributed by atoms with Crippen molar-refractivity contribution in [1.29, 1.82) is 0 Å². The van der Waals surface area contributed by atoms with Crippen molar-refractivity contribution in [2.45, 2.75) is 26.7 Å². The summed E-state index contributed by atoms with van der Waals surface area (Å²) in [6.45, 7) is 3.80. The highest BCUT2D eigenvalue weighted by atomic mass is 32.1. The molecular weight excluding hydrogens is 228 g/mol. The van der Waals surface area contributed by atoms with E-state index in [1.54, 1.807) is 18.3 Å². The lowest BCUT2D eigenvalue weighted by Gasteiger charge is -2.01. The summed E-state index contributed by atoms with van der Waals surface area (Å²) < 4.78 is 0. The maximum atomic E-state index is 11.5. The summed E-state index contributed by atoms with van der Waals surface area (Å²) in [6, 6.07) is 12.3. The number of ketones is 1. The third kappa shape index (κ3) is 2.64. The van der Waals surface area contributed by atoms with Gasteiger partial charge >= 0.3 is 0 Å². The van der Waals surface area contributed by atoms with Gasteiger partial charge in [-0.25, -0.2) is 0 Å². The first-order valence-corrected chi connectivity index (χ1v) is 6.73. The van der Waals surface area contributed by atoms with E-state index in [0.29, 0.717) is 0 Å². The van der Waals surface area contributed by atoms with E-state index >= 15 is 0 Å². The molecule has 1 nitrogen and oxygen atoms in total. The van der Waals surface area contributed by atoms with E-state index < -0.39 is 0 Å². The van der Waals surface area contributed by atoms with Crippen molar-refractivity contribution in [3.63, 3.8) is 0 Å². The molecule has 0 radical (unpaired) electrons. The van der Waals surface area contributed by atoms with Crippen molar-refractivity contribution in [3.8, 4) is 11.1 Å². The molecule has 17 heavy (non-hydrogen) atoms. The predicted molar refractivity (Wildman–Crippen MR) is 73.8 cm³/mol. The smallest absolute Gasteiger partial charge is 0.169 e. The van der Waals surface area contributed by atoms with Crippen molar-refractivity contribution < 1.29 is 4.79 Å². The third-order valence-electron chi connectivity index (χ3n) is 2.72. The first-order chi connectivity index (χ1) is 8.22. The number of hydrogen-bond donors (Lipinski definition) is 0. The molecule has 0 amide bonds. The molecule has 0 N–H and O–H groups in total. The van der Waals surface area contributed by atoms with Crippen LogP contribution >= 0.6 is 11.3 Å². The summed E-state index contributed by atoms with van der Waals surface area (Å²) in [5.41, 5.74) is 2.43. The Labute approximate surface area is 106 Å². The van der Waals surface area contributed by atoms with Gasteiger partial charge in [-0.1, -0.05) is 43.7 Å². The van der Waals surface area contributed by atoms with Gasteiger partial charge in [0, 0.05) is 4.88 Å². The topological polar surface area (TPSA) is 17.1 Å². The standard InChI is InChI=1S/C15H16OS/c1-3-7-14-13(10-15(17-14)11(2)16)12-8-5-4-6-9-12/h4-6,8-10H,3,7H2,1-2H3. The summed E-state index contributed by atoms with van der Waals surface area (Å²) >= 11 is 1.64. The average molecular weight is 244 g/mol. The fourth-order valence-corrected chi connectivity index (χ4v) is 3.06. The van der Waals surface area contributed by atoms with Gasteiger partial charge in [0.1, 0.15) is 0 Å². The van der Waals surface area contributed by atoms with Gasteiger partial charge in [0.05, 0.1) is 4.88 Å². The molecular formula is C15H16OS. The number of Topliss-reactive ketones (excluding diaryl/α,β-unsaturated/α-hetero) is 1. The van der Waals surface area contributed by atoms with E-state index in [1.807, 2.05) is 24.3 Å². The molecule has 0 aliphatic heterocycles. The van der Waals surface area contributed by atoms with Crippen LogP contribution in [0.15, 0.2) is 36.4 Å². The Morgan fingerprint density at radius 3 is 2.53 bits per heavy atom. The minimum atomic E-state index is 0.162. The van der Waals surface area contributed by atoms with Gasteiger partial charge in [-0.15, -0.1) is 11.3 Å². The summed E-state index contributed by atoms with van der Waals surface area (Å²) in [4.78, 5) is 13.6. The van der Waals surface area contributed by atoms with Gasteiger partial charge in [-0.05, 0) is 30.5 Å². The van der Waals surface area contributed by atoms with Crippen molar-refractivity contribution in [2.24, 2.45) is 0 Å². The van der Waals surface area contributed by atoms with Gasteiger partial charge < -0.3 is 0 Å². The second kappa shape index (κ2) is 5.28. The maximum absolute atomic E-state index is 11.5. The first-order valence-electron chi connectivity index (χ1n) is 5.91. The third-order valence-corrected chi connectivity index (χ3v) is 4.01. The van der Waals surface area contributed by atoms with E-state index in [-0.39, 0.29) is 5.78 Å². The lowest BCUT2D eigenvalue weighted by molar-refractivity contribution is 0.102. The minimum Gasteiger partial charge on any atom is -0.294 e. The molecule has 2 heteroatoms. The molecule has 1 heterocycles. The molecule has 0 fully saturated rings. The van der Waals surface area contributed by atoms with Crippen LogP contribution in [0.5, 0.6) is 0 Å². The average Bonchev–Trinajstić information content (AvgIpc) is 2.75. The molecule has 0 aliphatic rings. The minimum absolute atomic E-state index is 0.162. The second-order valence-electron chi connectivity index (χ2n) is 4.12. The van der Waals surface area contributed by atoms with E-state index in [0.717, 1.165) is 17.7 Å². The number of hydrogen-bond acceptors (Lipinski definition) is 2. The lowest BCUT2D eigenvalue weighted by atomic mass is 10.0. The van der Waals surface area contributed by atoms with Crippen molar-refractivity contribution >= 4 is 17.1 Å². The zero-order chi connectivity index (χ0) is 12.3. The molecule has 0 aliphatic carbocycles. The molecule has 2 rings (SSSR count). The Hall–Kier alpha value is -1.41. The van der Waals surface area contributed by atoms with E-state index in [1.165, 1.54) is 16.0 Å². The first kappa shape index (κ1) is 12.1. The zero-order valence-electron chi connectivity index (χ0n) is 10.2. The number of thiophene rings is 1. The molecule has 0 atom stereocenters. The Morgan fingerprint density at radius 2 is 1.94 bits per heavy atom. The molecule has 1 aromatic carbocycles. The summed E-state index contributed by atoms with van der Waals surface area (Å²) in [6.07, 6.45) is 2.15. The Kier molecular flexibility index (Phi) is 3.75. The van der Waals surface area contributed by atoms with Gasteiger partial charge in [0.2, 0.25) is 0 Å². The maximum Gasteiger partial charge on any atom is 0.169 e. The highest BCUT2D eigenvalue weighted by Gasteiger charge is 2.12. The summed E-state index contributed by atoms with van der Waals surface area (Å²) in [5, 5.41) is 0. The van der Waals surface area contributed by atoms with Crippen LogP contribution in [-0.2, 0) is 6.42 Å². The van der Waals surface area contributed by atoms with Crippen LogP contribution in [0.3, 0.4) is 0 Å². The van der Waals surface area contributed by atoms with E-state index in [9.17, 15) is 4.79 Å². The van der Waals surface area contributed by atoms with Crippen molar-refractivity contribution in [1.82, 2.24) is 0 Å². The Morgan fingerprint density at radius 1 is 1.24 bits per heavy atom. The summed E-state index contributed by atoms with van der Waals surface area (Å²) in [7, 11) is 0. The number of carbonyl (C=O) groups is 1. The van der Waals surface area contributed by atoms with Gasteiger partial charge in [-0.2, -0.15) is 0 Å². The molecule has 2 aromatic rings. The predicted octanol–water partition coefficient (Wildman–Crippen LogP) is 4.57. The highest BCUT2D eigenvalue weighted by Crippen LogP contribution is 2.32. The van der Waals surface area contributed by atoms with Crippen LogP contribution in [0.1, 0.15) is 34.8 Å². The SMILES string of the molecule is CCCc1sc(C(C)=O)cc1-c1ccccc1. The number of rotatable bonds is 4. The van der Waals surface area contributed by atoms with Crippen LogP contribution in [0.4, 0.5) is 0 Å². The summed E-state index contributed by atoms with van der Waals surface area (Å²) in [5.74, 6) is 0.162. The van der Waals surface area contributed by atoms with Crippen LogP contribution in [0.25, 0.3) is 11.1 Å². The van der Waals surface area contributed by atoms with Crippen LogP contribution in [-0.4, -0.2) is 5.78 Å². The monoisotopic (exact) mass is 244 g/mol. The van der Waals surface area contributed by atoms with Gasteiger partial charge in [0.25, 0.3) is 0 Å². The van der Waals surface area contributed by atoms with E-state index in [4.69, 9.17) is 0 Å². The van der Waals surface area contributed by atoms with Gasteiger partial charge in [0.15, 0.2) is 5.78 Å².